The van der Waals surface area contributed by atoms with E-state index in [9.17, 15) is 18.0 Å². The molecule has 0 saturated heterocycles. The van der Waals surface area contributed by atoms with Gasteiger partial charge in [-0.2, -0.15) is 13.2 Å². The van der Waals surface area contributed by atoms with Crippen molar-refractivity contribution in [3.63, 3.8) is 0 Å². The molecule has 2 rings (SSSR count). The summed E-state index contributed by atoms with van der Waals surface area (Å²) in [6, 6.07) is 2.93. The maximum Gasteiger partial charge on any atom is 0.392 e. The number of rotatable bonds is 2. The quantitative estimate of drug-likeness (QED) is 0.742. The standard InChI is InChI=1S/C12H13F3O2/c13-12(14,15)9-5-2-1-4-8(9)11(16)10-6-3-7-17-10/h3,6-9H,1-2,4-5H2. The highest BCUT2D eigenvalue weighted by Gasteiger charge is 2.48. The molecule has 0 aromatic carbocycles. The molecule has 0 N–H and O–H groups in total. The Labute approximate surface area is 96.8 Å². The number of Topliss-reactive ketones (excluding diaryl/α,β-unsaturated/α-hetero) is 1. The van der Waals surface area contributed by atoms with E-state index in [2.05, 4.69) is 0 Å². The summed E-state index contributed by atoms with van der Waals surface area (Å²) >= 11 is 0. The molecule has 2 nitrogen and oxygen atoms in total. The lowest BCUT2D eigenvalue weighted by atomic mass is 9.76. The maximum atomic E-state index is 12.8. The summed E-state index contributed by atoms with van der Waals surface area (Å²) in [6.45, 7) is 0. The van der Waals surface area contributed by atoms with E-state index in [0.717, 1.165) is 0 Å². The molecule has 1 aromatic heterocycles. The molecule has 1 fully saturated rings. The largest absolute Gasteiger partial charge is 0.461 e. The van der Waals surface area contributed by atoms with Crippen LogP contribution in [0.1, 0.15) is 36.2 Å². The fourth-order valence-corrected chi connectivity index (χ4v) is 2.44. The molecule has 0 radical (unpaired) electrons. The van der Waals surface area contributed by atoms with Crippen molar-refractivity contribution in [1.82, 2.24) is 0 Å². The van der Waals surface area contributed by atoms with Gasteiger partial charge in [0.15, 0.2) is 5.76 Å². The minimum atomic E-state index is -4.30. The van der Waals surface area contributed by atoms with Crippen molar-refractivity contribution in [1.29, 1.82) is 0 Å². The minimum absolute atomic E-state index is 0.0335. The summed E-state index contributed by atoms with van der Waals surface area (Å²) < 4.78 is 43.3. The number of furan rings is 1. The lowest BCUT2D eigenvalue weighted by molar-refractivity contribution is -0.191. The Bertz CT molecular complexity index is 381. The van der Waals surface area contributed by atoms with Gasteiger partial charge in [-0.3, -0.25) is 4.79 Å². The SMILES string of the molecule is O=C(c1ccco1)C1CCCCC1C(F)(F)F. The zero-order chi connectivity index (χ0) is 12.5. The normalized spacial score (nSPS) is 25.8. The van der Waals surface area contributed by atoms with Gasteiger partial charge in [0.2, 0.25) is 5.78 Å². The van der Waals surface area contributed by atoms with E-state index in [1.807, 2.05) is 0 Å². The van der Waals surface area contributed by atoms with Crippen LogP contribution in [-0.4, -0.2) is 12.0 Å². The van der Waals surface area contributed by atoms with Crippen LogP contribution in [0.2, 0.25) is 0 Å². The fraction of sp³-hybridized carbons (Fsp3) is 0.583. The zero-order valence-electron chi connectivity index (χ0n) is 9.17. The molecule has 2 unspecified atom stereocenters. The molecule has 2 atom stereocenters. The molecule has 17 heavy (non-hydrogen) atoms. The van der Waals surface area contributed by atoms with Crippen LogP contribution in [0.4, 0.5) is 13.2 Å². The van der Waals surface area contributed by atoms with E-state index in [1.165, 1.54) is 18.4 Å². The molecule has 1 saturated carbocycles. The highest BCUT2D eigenvalue weighted by Crippen LogP contribution is 2.42. The second-order valence-corrected chi connectivity index (χ2v) is 4.38. The van der Waals surface area contributed by atoms with Gasteiger partial charge in [-0.1, -0.05) is 12.8 Å². The Morgan fingerprint density at radius 1 is 1.29 bits per heavy atom. The van der Waals surface area contributed by atoms with Crippen LogP contribution >= 0.6 is 0 Å². The first-order chi connectivity index (χ1) is 8.00. The van der Waals surface area contributed by atoms with Crippen LogP contribution in [0.25, 0.3) is 0 Å². The summed E-state index contributed by atoms with van der Waals surface area (Å²) in [5.41, 5.74) is 0. The van der Waals surface area contributed by atoms with Crippen LogP contribution in [-0.2, 0) is 0 Å². The Kier molecular flexibility index (Phi) is 3.26. The molecule has 0 aliphatic heterocycles. The van der Waals surface area contributed by atoms with Gasteiger partial charge in [0, 0.05) is 5.92 Å². The zero-order valence-corrected chi connectivity index (χ0v) is 9.17. The second-order valence-electron chi connectivity index (χ2n) is 4.38. The summed E-state index contributed by atoms with van der Waals surface area (Å²) in [7, 11) is 0. The van der Waals surface area contributed by atoms with Crippen molar-refractivity contribution >= 4 is 5.78 Å². The Morgan fingerprint density at radius 3 is 2.59 bits per heavy atom. The van der Waals surface area contributed by atoms with E-state index in [0.29, 0.717) is 19.3 Å². The molecule has 1 heterocycles. The minimum Gasteiger partial charge on any atom is -0.461 e. The Balaban J connectivity index is 2.20. The predicted octanol–water partition coefficient (Wildman–Crippen LogP) is 3.83. The van der Waals surface area contributed by atoms with Gasteiger partial charge in [-0.25, -0.2) is 0 Å². The lowest BCUT2D eigenvalue weighted by Crippen LogP contribution is -2.37. The predicted molar refractivity (Wildman–Crippen MR) is 54.5 cm³/mol. The molecule has 1 aromatic rings. The number of carbonyl (C=O) groups is 1. The van der Waals surface area contributed by atoms with E-state index in [4.69, 9.17) is 4.42 Å². The van der Waals surface area contributed by atoms with Crippen LogP contribution in [0, 0.1) is 11.8 Å². The van der Waals surface area contributed by atoms with E-state index >= 15 is 0 Å². The molecular weight excluding hydrogens is 233 g/mol. The van der Waals surface area contributed by atoms with Gasteiger partial charge in [-0.15, -0.1) is 0 Å². The van der Waals surface area contributed by atoms with Crippen LogP contribution in [0.3, 0.4) is 0 Å². The number of ketones is 1. The van der Waals surface area contributed by atoms with Crippen molar-refractivity contribution in [3.05, 3.63) is 24.2 Å². The molecular formula is C12H13F3O2. The highest BCUT2D eigenvalue weighted by molar-refractivity contribution is 5.95. The van der Waals surface area contributed by atoms with Gasteiger partial charge >= 0.3 is 6.18 Å². The molecule has 5 heteroatoms. The number of hydrogen-bond donors (Lipinski definition) is 0. The van der Waals surface area contributed by atoms with Crippen molar-refractivity contribution in [3.8, 4) is 0 Å². The third-order valence-electron chi connectivity index (χ3n) is 3.29. The van der Waals surface area contributed by atoms with Gasteiger partial charge in [0.1, 0.15) is 0 Å². The molecule has 1 aliphatic rings. The average molecular weight is 246 g/mol. The van der Waals surface area contributed by atoms with Crippen LogP contribution in [0.15, 0.2) is 22.8 Å². The van der Waals surface area contributed by atoms with E-state index in [1.54, 1.807) is 0 Å². The summed E-state index contributed by atoms with van der Waals surface area (Å²) in [5.74, 6) is -2.98. The number of alkyl halides is 3. The van der Waals surface area contributed by atoms with Crippen molar-refractivity contribution in [2.24, 2.45) is 11.8 Å². The maximum absolute atomic E-state index is 12.8. The summed E-state index contributed by atoms with van der Waals surface area (Å²) in [6.07, 6.45) is -1.45. The molecule has 0 spiro atoms. The Hall–Kier alpha value is -1.26. The lowest BCUT2D eigenvalue weighted by Gasteiger charge is -2.31. The first-order valence-electron chi connectivity index (χ1n) is 5.64. The van der Waals surface area contributed by atoms with E-state index < -0.39 is 23.8 Å². The van der Waals surface area contributed by atoms with E-state index in [-0.39, 0.29) is 12.2 Å². The van der Waals surface area contributed by atoms with Crippen molar-refractivity contribution in [2.45, 2.75) is 31.9 Å². The van der Waals surface area contributed by atoms with Gasteiger partial charge in [0.25, 0.3) is 0 Å². The molecule has 0 bridgehead atoms. The smallest absolute Gasteiger partial charge is 0.392 e. The summed E-state index contributed by atoms with van der Waals surface area (Å²) in [4.78, 5) is 11.9. The van der Waals surface area contributed by atoms with Gasteiger partial charge in [0.05, 0.1) is 12.2 Å². The monoisotopic (exact) mass is 246 g/mol. The van der Waals surface area contributed by atoms with Crippen molar-refractivity contribution < 1.29 is 22.4 Å². The van der Waals surface area contributed by atoms with Gasteiger partial charge < -0.3 is 4.42 Å². The first kappa shape index (κ1) is 12.2. The highest BCUT2D eigenvalue weighted by atomic mass is 19.4. The third-order valence-corrected chi connectivity index (χ3v) is 3.29. The molecule has 0 amide bonds. The number of carbonyl (C=O) groups excluding carboxylic acids is 1. The number of hydrogen-bond acceptors (Lipinski definition) is 2. The molecule has 1 aliphatic carbocycles. The van der Waals surface area contributed by atoms with Gasteiger partial charge in [-0.05, 0) is 25.0 Å². The first-order valence-corrected chi connectivity index (χ1v) is 5.64. The molecule has 94 valence electrons. The van der Waals surface area contributed by atoms with Crippen LogP contribution in [0.5, 0.6) is 0 Å². The third kappa shape index (κ3) is 2.53. The second kappa shape index (κ2) is 4.55. The topological polar surface area (TPSA) is 30.2 Å². The number of halogens is 3. The fourth-order valence-electron chi connectivity index (χ4n) is 2.44. The average Bonchev–Trinajstić information content (AvgIpc) is 2.80. The summed E-state index contributed by atoms with van der Waals surface area (Å²) in [5, 5.41) is 0. The Morgan fingerprint density at radius 2 is 2.00 bits per heavy atom. The van der Waals surface area contributed by atoms with Crippen LogP contribution < -0.4 is 0 Å². The van der Waals surface area contributed by atoms with Crippen molar-refractivity contribution in [2.75, 3.05) is 0 Å².